The second-order valence-corrected chi connectivity index (χ2v) is 24.3. The van der Waals surface area contributed by atoms with Crippen molar-refractivity contribution in [3.05, 3.63) is 169 Å². The van der Waals surface area contributed by atoms with Gasteiger partial charge in [-0.1, -0.05) is 121 Å². The quantitative estimate of drug-likeness (QED) is 0.139. The topological polar surface area (TPSA) is 147 Å². The van der Waals surface area contributed by atoms with Gasteiger partial charge in [-0.3, -0.25) is 0 Å². The second kappa shape index (κ2) is 18.6. The van der Waals surface area contributed by atoms with Crippen LogP contribution < -0.4 is 0 Å². The number of thiazole rings is 4. The van der Waals surface area contributed by atoms with Crippen LogP contribution in [0.4, 0.5) is 20.5 Å². The number of benzene rings is 8. The molecule has 4 N–H and O–H groups in total. The monoisotopic (exact) mass is 1060 g/mol. The van der Waals surface area contributed by atoms with Gasteiger partial charge in [0, 0.05) is 18.8 Å². The van der Waals surface area contributed by atoms with Gasteiger partial charge in [-0.15, -0.1) is 45.3 Å². The van der Waals surface area contributed by atoms with Crippen LogP contribution in [-0.2, 0) is 13.2 Å². The standard InChI is InChI=1S/4C11H7N2S.2BrH.Rh/c4*12-11-13-10-8-4-2-1-3-7(8)5-6-9(10)14-11;;;/h4*1-6H,(H-,12,13);2*1H;/q4*-1;;;+2/p-2. The fourth-order valence-electron chi connectivity index (χ4n) is 6.65. The van der Waals surface area contributed by atoms with Gasteiger partial charge in [-0.25, -0.2) is 0 Å². The predicted molar refractivity (Wildman–Crippen MR) is 262 cm³/mol. The first-order chi connectivity index (χ1) is 28.8. The number of aromatic nitrogens is 4. The van der Waals surface area contributed by atoms with Crippen LogP contribution in [0, 0.1) is 0 Å². The molecule has 0 fully saturated rings. The van der Waals surface area contributed by atoms with Crippen LogP contribution in [0.25, 0.3) is 107 Å². The van der Waals surface area contributed by atoms with Crippen molar-refractivity contribution in [2.45, 2.75) is 0 Å². The van der Waals surface area contributed by atoms with Crippen LogP contribution in [0.15, 0.2) is 146 Å². The average Bonchev–Trinajstić information content (AvgIpc) is 4.05. The zero-order valence-electron chi connectivity index (χ0n) is 30.4. The summed E-state index contributed by atoms with van der Waals surface area (Å²) in [7, 11) is 0. The number of hydrogen-bond donors (Lipinski definition) is 0. The molecule has 0 bridgehead atoms. The van der Waals surface area contributed by atoms with Crippen LogP contribution in [0.2, 0.25) is 0 Å². The SMILES string of the molecule is [Br][Rh][Br].[NH-]c1nc2c(ccc3ccccc32)s1.[NH-]c1nc2c(ccc3ccccc32)s1.[NH-]c1nc2c(ccc3ccccc32)s1.[NH-]c1nc2c(ccc3ccccc32)s1. The van der Waals surface area contributed by atoms with E-state index in [4.69, 9.17) is 22.9 Å². The smallest absolute Gasteiger partial charge is 0.0307 e. The van der Waals surface area contributed by atoms with Gasteiger partial charge >= 0.3 is 40.5 Å². The summed E-state index contributed by atoms with van der Waals surface area (Å²) < 4.78 is 4.37. The Labute approximate surface area is 375 Å². The Balaban J connectivity index is 0.000000107. The van der Waals surface area contributed by atoms with Crippen LogP contribution in [0.5, 0.6) is 0 Å². The third-order valence-corrected chi connectivity index (χ3v) is 12.5. The van der Waals surface area contributed by atoms with Gasteiger partial charge in [0.15, 0.2) is 0 Å². The Morgan fingerprint density at radius 1 is 0.322 bits per heavy atom. The molecule has 4 heterocycles. The molecule has 15 heteroatoms. The minimum absolute atomic E-state index is 0.386. The van der Waals surface area contributed by atoms with Crippen LogP contribution in [0.3, 0.4) is 0 Å². The minimum atomic E-state index is 0.386. The van der Waals surface area contributed by atoms with Gasteiger partial charge in [0.2, 0.25) is 0 Å². The van der Waals surface area contributed by atoms with Crippen molar-refractivity contribution in [3.63, 3.8) is 0 Å². The first kappa shape index (κ1) is 40.9. The summed E-state index contributed by atoms with van der Waals surface area (Å²) in [4.78, 5) is 16.9. The molecule has 12 aromatic rings. The maximum Gasteiger partial charge on any atom is 0.0307 e. The van der Waals surface area contributed by atoms with E-state index in [1.54, 1.807) is 0 Å². The molecule has 8 nitrogen and oxygen atoms in total. The Kier molecular flexibility index (Phi) is 12.9. The number of rotatable bonds is 0. The van der Waals surface area contributed by atoms with Gasteiger partial charge in [0.25, 0.3) is 0 Å². The normalized spacial score (nSPS) is 10.9. The van der Waals surface area contributed by atoms with Gasteiger partial charge < -0.3 is 42.9 Å². The number of hydrogen-bond acceptors (Lipinski definition) is 8. The molecule has 0 saturated heterocycles. The molecule has 4 aromatic heterocycles. The number of fused-ring (bicyclic) bond motifs is 12. The van der Waals surface area contributed by atoms with Crippen LogP contribution >= 0.6 is 72.6 Å². The van der Waals surface area contributed by atoms with Crippen molar-refractivity contribution in [2.75, 3.05) is 0 Å². The van der Waals surface area contributed by atoms with E-state index in [1.807, 2.05) is 72.8 Å². The molecule has 0 amide bonds. The van der Waals surface area contributed by atoms with E-state index in [1.165, 1.54) is 66.9 Å². The van der Waals surface area contributed by atoms with E-state index in [0.29, 0.717) is 33.7 Å². The third kappa shape index (κ3) is 9.17. The van der Waals surface area contributed by atoms with E-state index < -0.39 is 0 Å². The fraction of sp³-hybridized carbons (Fsp3) is 0. The zero-order chi connectivity index (χ0) is 40.9. The van der Waals surface area contributed by atoms with Crippen LogP contribution in [-0.4, -0.2) is 19.9 Å². The van der Waals surface area contributed by atoms with Gasteiger partial charge in [-0.05, 0) is 110 Å². The Hall–Kier alpha value is -4.86. The Bertz CT molecular complexity index is 2940. The van der Waals surface area contributed by atoms with Crippen LogP contribution in [0.1, 0.15) is 0 Å². The number of nitrogens with zero attached hydrogens (tertiary/aromatic N) is 4. The van der Waals surface area contributed by atoms with Crippen molar-refractivity contribution < 1.29 is 13.2 Å². The van der Waals surface area contributed by atoms with Crippen molar-refractivity contribution in [1.29, 1.82) is 0 Å². The molecule has 0 aliphatic carbocycles. The third-order valence-electron chi connectivity index (χ3n) is 9.13. The Morgan fingerprint density at radius 2 is 0.525 bits per heavy atom. The summed E-state index contributed by atoms with van der Waals surface area (Å²) in [5.74, 6) is 0. The fourth-order valence-corrected chi connectivity index (χ4v) is 9.58. The van der Waals surface area contributed by atoms with Crippen molar-refractivity contribution in [2.24, 2.45) is 0 Å². The molecule has 8 aromatic carbocycles. The van der Waals surface area contributed by atoms with Crippen molar-refractivity contribution in [1.82, 2.24) is 19.9 Å². The van der Waals surface area contributed by atoms with E-state index in [2.05, 4.69) is 120 Å². The summed E-state index contributed by atoms with van der Waals surface area (Å²) in [5, 5.41) is 10.8. The van der Waals surface area contributed by atoms with Crippen molar-refractivity contribution in [3.8, 4) is 0 Å². The number of nitrogens with one attached hydrogen (secondary N) is 4. The summed E-state index contributed by atoms with van der Waals surface area (Å²) in [5.41, 5.74) is 33.9. The van der Waals surface area contributed by atoms with E-state index in [0.717, 1.165) is 62.4 Å². The van der Waals surface area contributed by atoms with Gasteiger partial charge in [-0.2, -0.15) is 0 Å². The van der Waals surface area contributed by atoms with Gasteiger partial charge in [0.05, 0.1) is 0 Å². The maximum atomic E-state index is 7.51. The predicted octanol–water partition coefficient (Wildman–Crippen LogP) is 18.2. The summed E-state index contributed by atoms with van der Waals surface area (Å²) >= 11 is 12.4. The number of halogens is 2. The maximum absolute atomic E-state index is 7.51. The average molecular weight is 1060 g/mol. The molecule has 0 aliphatic heterocycles. The molecule has 0 atom stereocenters. The Morgan fingerprint density at radius 3 is 0.746 bits per heavy atom. The zero-order valence-corrected chi connectivity index (χ0v) is 38.4. The van der Waals surface area contributed by atoms with Crippen molar-refractivity contribution >= 4 is 177 Å². The first-order valence-corrected chi connectivity index (χ1v) is 28.4. The molecule has 0 saturated carbocycles. The molecular formula is C44H28Br2N8RhS4-4. The molecule has 0 unspecified atom stereocenters. The summed E-state index contributed by atoms with van der Waals surface area (Å²) in [6.45, 7) is 0. The van der Waals surface area contributed by atoms with Gasteiger partial charge in [0.1, 0.15) is 0 Å². The van der Waals surface area contributed by atoms with E-state index in [9.17, 15) is 0 Å². The molecule has 12 rings (SSSR count). The van der Waals surface area contributed by atoms with E-state index in [-0.39, 0.29) is 0 Å². The molecule has 0 aliphatic rings. The first-order valence-electron chi connectivity index (χ1n) is 17.6. The second-order valence-electron chi connectivity index (χ2n) is 12.7. The largest absolute Gasteiger partial charge is 0.473 e. The molecule has 0 spiro atoms. The summed E-state index contributed by atoms with van der Waals surface area (Å²) in [6.07, 6.45) is 0. The molecule has 59 heavy (non-hydrogen) atoms. The molecular weight excluding hydrogens is 1030 g/mol. The molecule has 0 radical (unpaired) electrons. The molecule has 295 valence electrons. The van der Waals surface area contributed by atoms with E-state index >= 15 is 0 Å². The minimum Gasteiger partial charge on any atom is -0.473 e. The summed E-state index contributed by atoms with van der Waals surface area (Å²) in [6, 6.07) is 49.0.